The predicted molar refractivity (Wildman–Crippen MR) is 80.7 cm³/mol. The molecule has 1 aliphatic heterocycles. The van der Waals surface area contributed by atoms with Crippen molar-refractivity contribution in [1.29, 1.82) is 0 Å². The molecule has 1 saturated heterocycles. The zero-order valence-electron chi connectivity index (χ0n) is 11.3. The molecule has 7 heteroatoms. The molecule has 0 spiro atoms. The Bertz CT molecular complexity index is 537. The van der Waals surface area contributed by atoms with Gasteiger partial charge >= 0.3 is 0 Å². The second kappa shape index (κ2) is 7.52. The van der Waals surface area contributed by atoms with E-state index < -0.39 is 0 Å². The molecule has 0 unspecified atom stereocenters. The molecule has 1 aliphatic rings. The molecule has 0 aliphatic carbocycles. The number of amides is 2. The van der Waals surface area contributed by atoms with Crippen molar-refractivity contribution in [3.05, 3.63) is 28.2 Å². The van der Waals surface area contributed by atoms with Gasteiger partial charge in [-0.1, -0.05) is 23.2 Å². The molecule has 21 heavy (non-hydrogen) atoms. The number of benzene rings is 1. The van der Waals surface area contributed by atoms with Crippen LogP contribution in [-0.4, -0.2) is 31.0 Å². The third-order valence-electron chi connectivity index (χ3n) is 3.12. The summed E-state index contributed by atoms with van der Waals surface area (Å²) in [6.07, 6.45) is 2.28. The zero-order valence-corrected chi connectivity index (χ0v) is 12.8. The van der Waals surface area contributed by atoms with E-state index in [1.807, 2.05) is 0 Å². The van der Waals surface area contributed by atoms with Gasteiger partial charge in [-0.05, 0) is 31.0 Å². The molecule has 1 aromatic carbocycles. The van der Waals surface area contributed by atoms with Gasteiger partial charge in [-0.15, -0.1) is 0 Å². The van der Waals surface area contributed by atoms with E-state index in [4.69, 9.17) is 27.9 Å². The Kier molecular flexibility index (Phi) is 5.70. The summed E-state index contributed by atoms with van der Waals surface area (Å²) in [4.78, 5) is 22.9. The van der Waals surface area contributed by atoms with E-state index in [0.29, 0.717) is 28.8 Å². The number of hydrogen-bond donors (Lipinski definition) is 2. The first kappa shape index (κ1) is 15.9. The zero-order chi connectivity index (χ0) is 15.2. The summed E-state index contributed by atoms with van der Waals surface area (Å²) in [5, 5.41) is 6.42. The Hall–Kier alpha value is -1.46. The maximum absolute atomic E-state index is 11.7. The summed E-state index contributed by atoms with van der Waals surface area (Å²) in [5.74, 6) is 0.174. The molecule has 0 bridgehead atoms. The lowest BCUT2D eigenvalue weighted by atomic mass is 10.0. The number of piperidine rings is 1. The molecule has 1 atom stereocenters. The van der Waals surface area contributed by atoms with Gasteiger partial charge < -0.3 is 15.4 Å². The minimum absolute atomic E-state index is 0.00526. The van der Waals surface area contributed by atoms with Crippen LogP contribution >= 0.6 is 23.2 Å². The van der Waals surface area contributed by atoms with Gasteiger partial charge in [-0.2, -0.15) is 0 Å². The lowest BCUT2D eigenvalue weighted by Gasteiger charge is -2.23. The summed E-state index contributed by atoms with van der Waals surface area (Å²) in [6.45, 7) is 0.268. The fraction of sp³-hybridized carbons (Fsp3) is 0.429. The molecule has 0 saturated carbocycles. The highest BCUT2D eigenvalue weighted by atomic mass is 35.5. The standard InChI is InChI=1S/C14H16Cl2N2O3/c15-9-4-5-12(11(16)6-9)21-8-14(20)17-7-10-2-1-3-13(19)18-10/h4-6,10H,1-3,7-8H2,(H,17,20)(H,18,19)/t10-/m1/s1. The number of nitrogens with one attached hydrogen (secondary N) is 2. The quantitative estimate of drug-likeness (QED) is 0.869. The monoisotopic (exact) mass is 330 g/mol. The maximum Gasteiger partial charge on any atom is 0.258 e. The van der Waals surface area contributed by atoms with Crippen LogP contribution in [-0.2, 0) is 9.59 Å². The van der Waals surface area contributed by atoms with Crippen LogP contribution in [0.5, 0.6) is 5.75 Å². The molecule has 1 heterocycles. The van der Waals surface area contributed by atoms with Crippen molar-refractivity contribution in [2.75, 3.05) is 13.2 Å². The molecule has 0 radical (unpaired) electrons. The number of carbonyl (C=O) groups excluding carboxylic acids is 2. The third-order valence-corrected chi connectivity index (χ3v) is 3.65. The normalized spacial score (nSPS) is 18.0. The van der Waals surface area contributed by atoms with Gasteiger partial charge in [0.15, 0.2) is 6.61 Å². The smallest absolute Gasteiger partial charge is 0.258 e. The van der Waals surface area contributed by atoms with Crippen molar-refractivity contribution in [3.8, 4) is 5.75 Å². The molecular weight excluding hydrogens is 315 g/mol. The van der Waals surface area contributed by atoms with Crippen molar-refractivity contribution >= 4 is 35.0 Å². The summed E-state index contributed by atoms with van der Waals surface area (Å²) in [6, 6.07) is 4.79. The number of carbonyl (C=O) groups is 2. The van der Waals surface area contributed by atoms with Crippen LogP contribution in [0.25, 0.3) is 0 Å². The van der Waals surface area contributed by atoms with Gasteiger partial charge in [0.2, 0.25) is 5.91 Å². The SMILES string of the molecule is O=C(COc1ccc(Cl)cc1Cl)NC[C@H]1CCCC(=O)N1. The van der Waals surface area contributed by atoms with Crippen LogP contribution < -0.4 is 15.4 Å². The molecule has 5 nitrogen and oxygen atoms in total. The van der Waals surface area contributed by atoms with Gasteiger partial charge in [0.1, 0.15) is 5.75 Å². The molecule has 1 aromatic rings. The molecule has 114 valence electrons. The van der Waals surface area contributed by atoms with Crippen molar-refractivity contribution in [2.24, 2.45) is 0 Å². The van der Waals surface area contributed by atoms with Gasteiger partial charge in [0, 0.05) is 24.0 Å². The van der Waals surface area contributed by atoms with Crippen molar-refractivity contribution in [2.45, 2.75) is 25.3 Å². The second-order valence-electron chi connectivity index (χ2n) is 4.82. The second-order valence-corrected chi connectivity index (χ2v) is 5.67. The summed E-state index contributed by atoms with van der Waals surface area (Å²) in [5.41, 5.74) is 0. The Morgan fingerprint density at radius 3 is 2.95 bits per heavy atom. The largest absolute Gasteiger partial charge is 0.482 e. The number of rotatable bonds is 5. The summed E-state index contributed by atoms with van der Waals surface area (Å²) >= 11 is 11.7. The number of hydrogen-bond acceptors (Lipinski definition) is 3. The van der Waals surface area contributed by atoms with Gasteiger partial charge in [-0.25, -0.2) is 0 Å². The Morgan fingerprint density at radius 1 is 1.43 bits per heavy atom. The van der Waals surface area contributed by atoms with E-state index in [1.54, 1.807) is 18.2 Å². The highest BCUT2D eigenvalue weighted by Crippen LogP contribution is 2.27. The molecule has 2 rings (SSSR count). The molecule has 0 aromatic heterocycles. The number of ether oxygens (including phenoxy) is 1. The Balaban J connectivity index is 1.73. The fourth-order valence-corrected chi connectivity index (χ4v) is 2.52. The third kappa shape index (κ3) is 5.10. The first-order chi connectivity index (χ1) is 10.0. The maximum atomic E-state index is 11.7. The van der Waals surface area contributed by atoms with Gasteiger partial charge in [0.05, 0.1) is 5.02 Å². The minimum atomic E-state index is -0.263. The predicted octanol–water partition coefficient (Wildman–Crippen LogP) is 2.16. The topological polar surface area (TPSA) is 67.4 Å². The van der Waals surface area contributed by atoms with Crippen LogP contribution in [0.4, 0.5) is 0 Å². The van der Waals surface area contributed by atoms with Crippen LogP contribution in [0.3, 0.4) is 0 Å². The van der Waals surface area contributed by atoms with Crippen LogP contribution in [0.1, 0.15) is 19.3 Å². The Morgan fingerprint density at radius 2 is 2.24 bits per heavy atom. The minimum Gasteiger partial charge on any atom is -0.482 e. The average molecular weight is 331 g/mol. The van der Waals surface area contributed by atoms with E-state index >= 15 is 0 Å². The molecule has 2 amide bonds. The van der Waals surface area contributed by atoms with Crippen molar-refractivity contribution < 1.29 is 14.3 Å². The molecule has 1 fully saturated rings. The van der Waals surface area contributed by atoms with E-state index in [2.05, 4.69) is 10.6 Å². The van der Waals surface area contributed by atoms with Gasteiger partial charge in [0.25, 0.3) is 5.91 Å². The van der Waals surface area contributed by atoms with E-state index in [-0.39, 0.29) is 24.5 Å². The van der Waals surface area contributed by atoms with Crippen molar-refractivity contribution in [1.82, 2.24) is 10.6 Å². The lowest BCUT2D eigenvalue weighted by molar-refractivity contribution is -0.125. The average Bonchev–Trinajstić information content (AvgIpc) is 2.44. The molecular formula is C14H16Cl2N2O3. The van der Waals surface area contributed by atoms with E-state index in [1.165, 1.54) is 0 Å². The number of halogens is 2. The highest BCUT2D eigenvalue weighted by Gasteiger charge is 2.18. The first-order valence-corrected chi connectivity index (χ1v) is 7.44. The highest BCUT2D eigenvalue weighted by molar-refractivity contribution is 6.35. The first-order valence-electron chi connectivity index (χ1n) is 6.68. The lowest BCUT2D eigenvalue weighted by Crippen LogP contribution is -2.46. The fourth-order valence-electron chi connectivity index (χ4n) is 2.06. The van der Waals surface area contributed by atoms with Crippen LogP contribution in [0.15, 0.2) is 18.2 Å². The summed E-state index contributed by atoms with van der Waals surface area (Å²) < 4.78 is 5.32. The summed E-state index contributed by atoms with van der Waals surface area (Å²) in [7, 11) is 0. The van der Waals surface area contributed by atoms with Gasteiger partial charge in [-0.3, -0.25) is 9.59 Å². The van der Waals surface area contributed by atoms with Crippen molar-refractivity contribution in [3.63, 3.8) is 0 Å². The van der Waals surface area contributed by atoms with E-state index in [9.17, 15) is 9.59 Å². The molecule has 2 N–H and O–H groups in total. The Labute approximate surface area is 132 Å². The van der Waals surface area contributed by atoms with Crippen LogP contribution in [0, 0.1) is 0 Å². The van der Waals surface area contributed by atoms with Crippen LogP contribution in [0.2, 0.25) is 10.0 Å². The van der Waals surface area contributed by atoms with E-state index in [0.717, 1.165) is 12.8 Å².